The first-order valence-electron chi connectivity index (χ1n) is 5.62. The molecule has 3 N–H and O–H groups in total. The Morgan fingerprint density at radius 2 is 1.95 bits per heavy atom. The minimum atomic E-state index is -0.549. The number of anilines is 1. The molecule has 7 heteroatoms. The van der Waals surface area contributed by atoms with Gasteiger partial charge in [0.2, 0.25) is 5.91 Å². The molecule has 2 aromatic rings. The summed E-state index contributed by atoms with van der Waals surface area (Å²) < 4.78 is 0. The van der Waals surface area contributed by atoms with E-state index in [0.717, 1.165) is 4.90 Å². The summed E-state index contributed by atoms with van der Waals surface area (Å²) in [7, 11) is 0. The van der Waals surface area contributed by atoms with Crippen molar-refractivity contribution < 1.29 is 9.59 Å². The van der Waals surface area contributed by atoms with Crippen LogP contribution in [0.4, 0.5) is 5.00 Å². The van der Waals surface area contributed by atoms with Crippen LogP contribution in [0.5, 0.6) is 0 Å². The van der Waals surface area contributed by atoms with E-state index >= 15 is 0 Å². The Hall–Kier alpha value is -1.50. The number of primary amides is 1. The summed E-state index contributed by atoms with van der Waals surface area (Å²) in [4.78, 5) is 23.9. The first-order valence-corrected chi connectivity index (χ1v) is 7.86. The zero-order valence-corrected chi connectivity index (χ0v) is 12.6. The van der Waals surface area contributed by atoms with Crippen LogP contribution in [0.3, 0.4) is 0 Å². The van der Waals surface area contributed by atoms with Crippen molar-refractivity contribution >= 4 is 51.5 Å². The number of thiophene rings is 1. The Morgan fingerprint density at radius 1 is 1.25 bits per heavy atom. The molecule has 20 heavy (non-hydrogen) atoms. The first kappa shape index (κ1) is 14.9. The summed E-state index contributed by atoms with van der Waals surface area (Å²) >= 11 is 8.45. The van der Waals surface area contributed by atoms with E-state index in [4.69, 9.17) is 17.3 Å². The number of nitrogens with one attached hydrogen (secondary N) is 1. The molecule has 104 valence electrons. The molecule has 0 aliphatic carbocycles. The van der Waals surface area contributed by atoms with Crippen LogP contribution in [0.1, 0.15) is 10.4 Å². The molecule has 2 amide bonds. The van der Waals surface area contributed by atoms with E-state index in [9.17, 15) is 9.59 Å². The molecule has 1 aromatic heterocycles. The van der Waals surface area contributed by atoms with Crippen LogP contribution in [-0.2, 0) is 4.79 Å². The smallest absolute Gasteiger partial charge is 0.251 e. The second-order valence-electron chi connectivity index (χ2n) is 3.82. The lowest BCUT2D eigenvalue weighted by Crippen LogP contribution is -2.17. The molecule has 1 aromatic carbocycles. The van der Waals surface area contributed by atoms with Gasteiger partial charge < -0.3 is 11.1 Å². The Balaban J connectivity index is 1.91. The monoisotopic (exact) mass is 326 g/mol. The number of benzene rings is 1. The molecule has 0 spiro atoms. The highest BCUT2D eigenvalue weighted by atomic mass is 35.5. The van der Waals surface area contributed by atoms with Gasteiger partial charge in [0.25, 0.3) is 5.91 Å². The number of nitrogens with two attached hydrogens (primary N) is 1. The maximum absolute atomic E-state index is 11.8. The minimum absolute atomic E-state index is 0.185. The predicted octanol–water partition coefficient (Wildman–Crippen LogP) is 3.23. The van der Waals surface area contributed by atoms with Crippen molar-refractivity contribution in [2.24, 2.45) is 5.73 Å². The molecule has 2 rings (SSSR count). The fraction of sp³-hybridized carbons (Fsp3) is 0.0769. The van der Waals surface area contributed by atoms with Crippen LogP contribution < -0.4 is 11.1 Å². The van der Waals surface area contributed by atoms with E-state index in [2.05, 4.69) is 5.32 Å². The molecule has 0 unspecified atom stereocenters. The highest BCUT2D eigenvalue weighted by molar-refractivity contribution is 8.00. The maximum Gasteiger partial charge on any atom is 0.251 e. The molecular weight excluding hydrogens is 316 g/mol. The lowest BCUT2D eigenvalue weighted by Gasteiger charge is -2.04. The van der Waals surface area contributed by atoms with Gasteiger partial charge in [0.1, 0.15) is 5.00 Å². The zero-order chi connectivity index (χ0) is 14.5. The highest BCUT2D eigenvalue weighted by Crippen LogP contribution is 2.24. The van der Waals surface area contributed by atoms with Gasteiger partial charge in [0, 0.05) is 9.92 Å². The largest absolute Gasteiger partial charge is 0.366 e. The van der Waals surface area contributed by atoms with Crippen LogP contribution >= 0.6 is 34.7 Å². The highest BCUT2D eigenvalue weighted by Gasteiger charge is 2.12. The van der Waals surface area contributed by atoms with Crippen LogP contribution in [0.2, 0.25) is 5.02 Å². The van der Waals surface area contributed by atoms with Gasteiger partial charge in [-0.2, -0.15) is 0 Å². The van der Waals surface area contributed by atoms with Crippen molar-refractivity contribution in [3.63, 3.8) is 0 Å². The Labute approximate surface area is 129 Å². The fourth-order valence-electron chi connectivity index (χ4n) is 1.44. The maximum atomic E-state index is 11.8. The lowest BCUT2D eigenvalue weighted by atomic mass is 10.3. The first-order chi connectivity index (χ1) is 9.56. The number of hydrogen-bond acceptors (Lipinski definition) is 4. The Morgan fingerprint density at radius 3 is 2.60 bits per heavy atom. The predicted molar refractivity (Wildman–Crippen MR) is 83.6 cm³/mol. The molecule has 0 saturated heterocycles. The molecule has 0 radical (unpaired) electrons. The second-order valence-corrected chi connectivity index (χ2v) is 6.22. The van der Waals surface area contributed by atoms with E-state index in [0.29, 0.717) is 15.6 Å². The van der Waals surface area contributed by atoms with Gasteiger partial charge in [0.15, 0.2) is 0 Å². The molecular formula is C13H11ClN2O2S2. The normalized spacial score (nSPS) is 10.2. The summed E-state index contributed by atoms with van der Waals surface area (Å²) in [6, 6.07) is 8.83. The van der Waals surface area contributed by atoms with Gasteiger partial charge in [-0.25, -0.2) is 0 Å². The second kappa shape index (κ2) is 6.78. The molecule has 0 aliphatic rings. The van der Waals surface area contributed by atoms with E-state index in [1.807, 2.05) is 12.1 Å². The third kappa shape index (κ3) is 4.00. The van der Waals surface area contributed by atoms with Crippen molar-refractivity contribution in [3.8, 4) is 0 Å². The van der Waals surface area contributed by atoms with Crippen LogP contribution in [-0.4, -0.2) is 17.6 Å². The molecule has 0 fully saturated rings. The van der Waals surface area contributed by atoms with Gasteiger partial charge in [-0.3, -0.25) is 9.59 Å². The molecule has 4 nitrogen and oxygen atoms in total. The van der Waals surface area contributed by atoms with E-state index in [1.165, 1.54) is 23.1 Å². The van der Waals surface area contributed by atoms with Gasteiger partial charge in [-0.05, 0) is 35.7 Å². The third-order valence-corrected chi connectivity index (χ3v) is 4.46. The van der Waals surface area contributed by atoms with Gasteiger partial charge in [-0.1, -0.05) is 11.6 Å². The number of amides is 2. The van der Waals surface area contributed by atoms with Crippen LogP contribution in [0, 0.1) is 0 Å². The van der Waals surface area contributed by atoms with Crippen molar-refractivity contribution in [2.45, 2.75) is 4.90 Å². The van der Waals surface area contributed by atoms with Crippen molar-refractivity contribution in [1.82, 2.24) is 0 Å². The number of rotatable bonds is 5. The van der Waals surface area contributed by atoms with Gasteiger partial charge in [0.05, 0.1) is 11.3 Å². The Kier molecular flexibility index (Phi) is 5.05. The third-order valence-electron chi connectivity index (χ3n) is 2.37. The van der Waals surface area contributed by atoms with Crippen molar-refractivity contribution in [1.29, 1.82) is 0 Å². The number of carbonyl (C=O) groups is 2. The number of hydrogen-bond donors (Lipinski definition) is 2. The minimum Gasteiger partial charge on any atom is -0.366 e. The van der Waals surface area contributed by atoms with Crippen molar-refractivity contribution in [3.05, 3.63) is 46.3 Å². The van der Waals surface area contributed by atoms with E-state index in [1.54, 1.807) is 23.6 Å². The standard InChI is InChI=1S/C13H11ClN2O2S2/c14-8-1-3-9(4-2-8)20-7-11(17)16-13-10(12(15)18)5-6-19-13/h1-6H,7H2,(H2,15,18)(H,16,17). The van der Waals surface area contributed by atoms with Crippen LogP contribution in [0.15, 0.2) is 40.6 Å². The number of halogens is 1. The fourth-order valence-corrected chi connectivity index (χ4v) is 3.08. The average molecular weight is 327 g/mol. The van der Waals surface area contributed by atoms with E-state index in [-0.39, 0.29) is 11.7 Å². The topological polar surface area (TPSA) is 72.2 Å². The SMILES string of the molecule is NC(=O)c1ccsc1NC(=O)CSc1ccc(Cl)cc1. The average Bonchev–Trinajstić information content (AvgIpc) is 2.86. The molecule has 0 saturated carbocycles. The number of carbonyl (C=O) groups excluding carboxylic acids is 2. The quantitative estimate of drug-likeness (QED) is 0.828. The van der Waals surface area contributed by atoms with Crippen molar-refractivity contribution in [2.75, 3.05) is 11.1 Å². The van der Waals surface area contributed by atoms with Gasteiger partial charge >= 0.3 is 0 Å². The molecule has 0 bridgehead atoms. The van der Waals surface area contributed by atoms with E-state index < -0.39 is 5.91 Å². The molecule has 1 heterocycles. The lowest BCUT2D eigenvalue weighted by molar-refractivity contribution is -0.113. The summed E-state index contributed by atoms with van der Waals surface area (Å²) in [5, 5.41) is 5.54. The Bertz CT molecular complexity index is 626. The van der Waals surface area contributed by atoms with Gasteiger partial charge in [-0.15, -0.1) is 23.1 Å². The van der Waals surface area contributed by atoms with Crippen LogP contribution in [0.25, 0.3) is 0 Å². The summed E-state index contributed by atoms with van der Waals surface area (Å²) in [6.45, 7) is 0. The zero-order valence-electron chi connectivity index (χ0n) is 10.3. The number of thioether (sulfide) groups is 1. The summed E-state index contributed by atoms with van der Waals surface area (Å²) in [5.74, 6) is -0.487. The molecule has 0 aliphatic heterocycles. The summed E-state index contributed by atoms with van der Waals surface area (Å²) in [6.07, 6.45) is 0. The summed E-state index contributed by atoms with van der Waals surface area (Å²) in [5.41, 5.74) is 5.55. The molecule has 0 atom stereocenters.